The highest BCUT2D eigenvalue weighted by Gasteiger charge is 2.57. The number of benzene rings is 2. The first kappa shape index (κ1) is 19.1. The van der Waals surface area contributed by atoms with Crippen molar-refractivity contribution < 1.29 is 4.79 Å². The number of hydrogen-bond acceptors (Lipinski definition) is 2. The molecule has 1 aromatic heterocycles. The van der Waals surface area contributed by atoms with E-state index in [-0.39, 0.29) is 11.3 Å². The Labute approximate surface area is 181 Å². The molecule has 0 aliphatic heterocycles. The van der Waals surface area contributed by atoms with Gasteiger partial charge in [-0.2, -0.15) is 0 Å². The summed E-state index contributed by atoms with van der Waals surface area (Å²) in [4.78, 5) is 17.3. The lowest BCUT2D eigenvalue weighted by molar-refractivity contribution is -0.120. The van der Waals surface area contributed by atoms with Crippen LogP contribution in [0.15, 0.2) is 54.7 Å². The van der Waals surface area contributed by atoms with Crippen molar-refractivity contribution in [1.29, 1.82) is 0 Å². The van der Waals surface area contributed by atoms with Gasteiger partial charge in [0.1, 0.15) is 5.78 Å². The monoisotopic (exact) mass is 423 g/mol. The van der Waals surface area contributed by atoms with Crippen LogP contribution in [-0.4, -0.2) is 10.8 Å². The molecule has 1 heterocycles. The van der Waals surface area contributed by atoms with Crippen molar-refractivity contribution >= 4 is 39.9 Å². The molecule has 0 unspecified atom stereocenters. The zero-order chi connectivity index (χ0) is 20.0. The first-order chi connectivity index (χ1) is 14.0. The first-order valence-corrected chi connectivity index (χ1v) is 11.1. The molecule has 0 N–H and O–H groups in total. The van der Waals surface area contributed by atoms with Gasteiger partial charge in [-0.1, -0.05) is 35.3 Å². The minimum atomic E-state index is 0.239. The van der Waals surface area contributed by atoms with Crippen molar-refractivity contribution in [3.8, 4) is 0 Å². The van der Waals surface area contributed by atoms with E-state index in [1.807, 2.05) is 48.7 Å². The van der Waals surface area contributed by atoms with Gasteiger partial charge in [0, 0.05) is 34.0 Å². The van der Waals surface area contributed by atoms with E-state index >= 15 is 0 Å². The number of ketones is 1. The van der Waals surface area contributed by atoms with Crippen LogP contribution in [0.4, 0.5) is 0 Å². The number of carbonyl (C=O) groups excluding carboxylic acids is 1. The minimum Gasteiger partial charge on any atom is -0.299 e. The Hall–Kier alpha value is -1.90. The number of aromatic nitrogens is 1. The van der Waals surface area contributed by atoms with Crippen molar-refractivity contribution in [1.82, 2.24) is 4.98 Å². The lowest BCUT2D eigenvalue weighted by Crippen LogP contribution is -2.20. The molecule has 0 saturated heterocycles. The smallest absolute Gasteiger partial charge is 0.140 e. The number of nitrogens with zero attached hydrogens (tertiary/aromatic N) is 1. The molecule has 29 heavy (non-hydrogen) atoms. The highest BCUT2D eigenvalue weighted by Crippen LogP contribution is 2.63. The molecule has 1 spiro atoms. The fourth-order valence-electron chi connectivity index (χ4n) is 5.28. The average Bonchev–Trinajstić information content (AvgIpc) is 3.43. The van der Waals surface area contributed by atoms with Crippen LogP contribution in [0.5, 0.6) is 0 Å². The number of Topliss-reactive ketones (excluding diaryl/α,β-unsaturated/α-hetero) is 1. The Balaban J connectivity index is 1.26. The van der Waals surface area contributed by atoms with Crippen molar-refractivity contribution in [2.75, 3.05) is 0 Å². The van der Waals surface area contributed by atoms with Crippen molar-refractivity contribution in [2.45, 2.75) is 44.4 Å². The average molecular weight is 424 g/mol. The SMILES string of the molecule is O=C(Cc1ccc(Cl)cc1)[C@H]1CC12CCC(c1ccnc3ccc(Cl)cc13)CC2. The zero-order valence-electron chi connectivity index (χ0n) is 16.2. The third-order valence-corrected chi connectivity index (χ3v) is 7.52. The number of hydrogen-bond donors (Lipinski definition) is 0. The summed E-state index contributed by atoms with van der Waals surface area (Å²) in [6, 6.07) is 15.7. The lowest BCUT2D eigenvalue weighted by Gasteiger charge is -2.30. The van der Waals surface area contributed by atoms with Gasteiger partial charge in [-0.25, -0.2) is 0 Å². The molecule has 4 heteroatoms. The maximum Gasteiger partial charge on any atom is 0.140 e. The summed E-state index contributed by atoms with van der Waals surface area (Å²) in [7, 11) is 0. The second-order valence-electron chi connectivity index (χ2n) is 8.72. The van der Waals surface area contributed by atoms with E-state index < -0.39 is 0 Å². The van der Waals surface area contributed by atoms with Crippen LogP contribution < -0.4 is 0 Å². The Kier molecular flexibility index (Phi) is 4.88. The van der Waals surface area contributed by atoms with Crippen molar-refractivity contribution in [3.63, 3.8) is 0 Å². The summed E-state index contributed by atoms with van der Waals surface area (Å²) in [6.07, 6.45) is 8.05. The third kappa shape index (κ3) is 3.69. The van der Waals surface area contributed by atoms with E-state index in [1.54, 1.807) is 0 Å². The highest BCUT2D eigenvalue weighted by molar-refractivity contribution is 6.31. The maximum absolute atomic E-state index is 12.8. The molecule has 2 aliphatic rings. The zero-order valence-corrected chi connectivity index (χ0v) is 17.7. The van der Waals surface area contributed by atoms with E-state index in [0.717, 1.165) is 48.2 Å². The van der Waals surface area contributed by atoms with Gasteiger partial charge in [0.2, 0.25) is 0 Å². The molecule has 148 valence electrons. The molecule has 3 aromatic rings. The topological polar surface area (TPSA) is 30.0 Å². The molecule has 2 aliphatic carbocycles. The molecular formula is C25H23Cl2NO. The second-order valence-corrected chi connectivity index (χ2v) is 9.60. The normalized spacial score (nSPS) is 26.0. The van der Waals surface area contributed by atoms with Gasteiger partial charge in [-0.3, -0.25) is 9.78 Å². The number of carbonyl (C=O) groups is 1. The quantitative estimate of drug-likeness (QED) is 0.451. The Morgan fingerprint density at radius 1 is 1.00 bits per heavy atom. The van der Waals surface area contributed by atoms with Gasteiger partial charge < -0.3 is 0 Å². The Morgan fingerprint density at radius 3 is 2.48 bits per heavy atom. The molecule has 2 fully saturated rings. The summed E-state index contributed by atoms with van der Waals surface area (Å²) in [6.45, 7) is 0. The fraction of sp³-hybridized carbons (Fsp3) is 0.360. The highest BCUT2D eigenvalue weighted by atomic mass is 35.5. The molecular weight excluding hydrogens is 401 g/mol. The summed E-state index contributed by atoms with van der Waals surface area (Å²) >= 11 is 12.2. The standard InChI is InChI=1S/C25H23Cl2NO/c26-18-3-1-16(2-4-18)13-24(29)22-15-25(22)10-7-17(8-11-25)20-9-12-28-23-6-5-19(27)14-21(20)23/h1-6,9,12,14,17,22H,7-8,10-11,13,15H2/t17?,22-,25?/m1/s1. The molecule has 0 amide bonds. The van der Waals surface area contributed by atoms with Crippen molar-refractivity contribution in [3.05, 3.63) is 75.9 Å². The van der Waals surface area contributed by atoms with Gasteiger partial charge in [-0.15, -0.1) is 0 Å². The lowest BCUT2D eigenvalue weighted by atomic mass is 9.74. The van der Waals surface area contributed by atoms with E-state index in [4.69, 9.17) is 23.2 Å². The van der Waals surface area contributed by atoms with E-state index in [0.29, 0.717) is 23.1 Å². The van der Waals surface area contributed by atoms with Crippen LogP contribution in [0.3, 0.4) is 0 Å². The number of rotatable bonds is 4. The minimum absolute atomic E-state index is 0.239. The summed E-state index contributed by atoms with van der Waals surface area (Å²) in [5.41, 5.74) is 3.68. The molecule has 0 radical (unpaired) electrons. The van der Waals surface area contributed by atoms with Gasteiger partial charge in [0.25, 0.3) is 0 Å². The van der Waals surface area contributed by atoms with Gasteiger partial charge in [0.05, 0.1) is 5.52 Å². The second kappa shape index (κ2) is 7.41. The van der Waals surface area contributed by atoms with Crippen LogP contribution in [-0.2, 0) is 11.2 Å². The summed E-state index contributed by atoms with van der Waals surface area (Å²) in [5, 5.41) is 2.65. The van der Waals surface area contributed by atoms with Crippen LogP contribution in [0, 0.1) is 11.3 Å². The number of fused-ring (bicyclic) bond motifs is 1. The van der Waals surface area contributed by atoms with E-state index in [1.165, 1.54) is 10.9 Å². The van der Waals surface area contributed by atoms with Crippen LogP contribution >= 0.6 is 23.2 Å². The Morgan fingerprint density at radius 2 is 1.72 bits per heavy atom. The summed E-state index contributed by atoms with van der Waals surface area (Å²) in [5.74, 6) is 1.16. The Bertz CT molecular complexity index is 1070. The first-order valence-electron chi connectivity index (χ1n) is 10.4. The molecule has 0 bridgehead atoms. The molecule has 2 saturated carbocycles. The van der Waals surface area contributed by atoms with Crippen LogP contribution in [0.1, 0.15) is 49.1 Å². The fourth-order valence-corrected chi connectivity index (χ4v) is 5.58. The van der Waals surface area contributed by atoms with Crippen LogP contribution in [0.2, 0.25) is 10.0 Å². The third-order valence-electron chi connectivity index (χ3n) is 7.03. The molecule has 1 atom stereocenters. The molecule has 2 nitrogen and oxygen atoms in total. The maximum atomic E-state index is 12.8. The van der Waals surface area contributed by atoms with Gasteiger partial charge >= 0.3 is 0 Å². The molecule has 2 aromatic carbocycles. The van der Waals surface area contributed by atoms with Crippen LogP contribution in [0.25, 0.3) is 10.9 Å². The predicted molar refractivity (Wildman–Crippen MR) is 119 cm³/mol. The van der Waals surface area contributed by atoms with E-state index in [9.17, 15) is 4.79 Å². The van der Waals surface area contributed by atoms with Gasteiger partial charge in [0.15, 0.2) is 0 Å². The van der Waals surface area contributed by atoms with Crippen molar-refractivity contribution in [2.24, 2.45) is 11.3 Å². The number of pyridine rings is 1. The largest absolute Gasteiger partial charge is 0.299 e. The number of halogens is 2. The predicted octanol–water partition coefficient (Wildman–Crippen LogP) is 7.02. The van der Waals surface area contributed by atoms with Gasteiger partial charge in [-0.05, 0) is 91.0 Å². The molecule has 5 rings (SSSR count). The van der Waals surface area contributed by atoms with E-state index in [2.05, 4.69) is 11.1 Å². The summed E-state index contributed by atoms with van der Waals surface area (Å²) < 4.78 is 0.